The monoisotopic (exact) mass is 168 g/mol. The molecule has 1 N–H and O–H groups in total. The highest BCUT2D eigenvalue weighted by Gasteiger charge is 2.24. The standard InChI is InChI=1S/C10H16O2/c1-7-3-5-9(6-4-7)8(2)10(11)12/h3,8-9H,4-6H2,1-2H3,(H,11,12)/t8-,9?/m0/s1. The van der Waals surface area contributed by atoms with Crippen LogP contribution < -0.4 is 0 Å². The van der Waals surface area contributed by atoms with Crippen molar-refractivity contribution in [2.24, 2.45) is 11.8 Å². The summed E-state index contributed by atoms with van der Waals surface area (Å²) in [5.41, 5.74) is 1.41. The van der Waals surface area contributed by atoms with Gasteiger partial charge >= 0.3 is 5.97 Å². The van der Waals surface area contributed by atoms with Gasteiger partial charge in [0.1, 0.15) is 0 Å². The van der Waals surface area contributed by atoms with Gasteiger partial charge in [-0.3, -0.25) is 4.79 Å². The lowest BCUT2D eigenvalue weighted by atomic mass is 9.82. The Hall–Kier alpha value is -0.790. The Bertz CT molecular complexity index is 206. The second kappa shape index (κ2) is 3.74. The Kier molecular flexibility index (Phi) is 2.90. The van der Waals surface area contributed by atoms with E-state index in [4.69, 9.17) is 5.11 Å². The van der Waals surface area contributed by atoms with Gasteiger partial charge in [-0.25, -0.2) is 0 Å². The minimum absolute atomic E-state index is 0.186. The SMILES string of the molecule is CC1=CCC([C@H](C)C(=O)O)CC1. The Balaban J connectivity index is 2.51. The number of hydrogen-bond acceptors (Lipinski definition) is 1. The second-order valence-corrected chi connectivity index (χ2v) is 3.71. The van der Waals surface area contributed by atoms with Crippen molar-refractivity contribution in [1.29, 1.82) is 0 Å². The average Bonchev–Trinajstić information content (AvgIpc) is 2.04. The summed E-state index contributed by atoms with van der Waals surface area (Å²) in [7, 11) is 0. The molecule has 12 heavy (non-hydrogen) atoms. The molecule has 1 unspecified atom stereocenters. The molecule has 2 heteroatoms. The summed E-state index contributed by atoms with van der Waals surface area (Å²) in [5.74, 6) is -0.492. The quantitative estimate of drug-likeness (QED) is 0.643. The highest BCUT2D eigenvalue weighted by molar-refractivity contribution is 5.69. The third kappa shape index (κ3) is 2.10. The number of rotatable bonds is 2. The summed E-state index contributed by atoms with van der Waals surface area (Å²) in [6, 6.07) is 0. The maximum Gasteiger partial charge on any atom is 0.306 e. The first-order valence-corrected chi connectivity index (χ1v) is 4.49. The molecule has 0 spiro atoms. The van der Waals surface area contributed by atoms with Gasteiger partial charge < -0.3 is 5.11 Å². The van der Waals surface area contributed by atoms with Gasteiger partial charge in [0.15, 0.2) is 0 Å². The molecule has 2 atom stereocenters. The van der Waals surface area contributed by atoms with E-state index < -0.39 is 5.97 Å². The van der Waals surface area contributed by atoms with E-state index in [1.54, 1.807) is 0 Å². The van der Waals surface area contributed by atoms with Crippen LogP contribution in [-0.4, -0.2) is 11.1 Å². The van der Waals surface area contributed by atoms with Crippen molar-refractivity contribution in [3.8, 4) is 0 Å². The van der Waals surface area contributed by atoms with E-state index in [9.17, 15) is 4.79 Å². The van der Waals surface area contributed by atoms with E-state index in [0.717, 1.165) is 19.3 Å². The fraction of sp³-hybridized carbons (Fsp3) is 0.700. The van der Waals surface area contributed by atoms with Crippen LogP contribution in [0.3, 0.4) is 0 Å². The molecule has 0 amide bonds. The fourth-order valence-corrected chi connectivity index (χ4v) is 1.64. The summed E-state index contributed by atoms with van der Waals surface area (Å²) in [5, 5.41) is 8.78. The lowest BCUT2D eigenvalue weighted by Gasteiger charge is -2.23. The van der Waals surface area contributed by atoms with Gasteiger partial charge in [0.25, 0.3) is 0 Å². The van der Waals surface area contributed by atoms with Gasteiger partial charge in [-0.05, 0) is 32.1 Å². The van der Waals surface area contributed by atoms with Crippen molar-refractivity contribution in [1.82, 2.24) is 0 Å². The molecule has 0 aromatic rings. The highest BCUT2D eigenvalue weighted by atomic mass is 16.4. The van der Waals surface area contributed by atoms with Crippen LogP contribution in [0.2, 0.25) is 0 Å². The molecule has 0 radical (unpaired) electrons. The van der Waals surface area contributed by atoms with Crippen LogP contribution in [0.4, 0.5) is 0 Å². The minimum Gasteiger partial charge on any atom is -0.481 e. The molecule has 0 saturated heterocycles. The molecule has 0 saturated carbocycles. The lowest BCUT2D eigenvalue weighted by Crippen LogP contribution is -2.21. The van der Waals surface area contributed by atoms with Crippen LogP contribution in [0.15, 0.2) is 11.6 Å². The zero-order valence-electron chi connectivity index (χ0n) is 7.71. The molecule has 68 valence electrons. The molecule has 1 aliphatic rings. The molecular formula is C10H16O2. The van der Waals surface area contributed by atoms with E-state index >= 15 is 0 Å². The molecule has 0 aliphatic heterocycles. The zero-order chi connectivity index (χ0) is 9.14. The van der Waals surface area contributed by atoms with Gasteiger partial charge in [0, 0.05) is 0 Å². The lowest BCUT2D eigenvalue weighted by molar-refractivity contribution is -0.143. The van der Waals surface area contributed by atoms with E-state index in [2.05, 4.69) is 13.0 Å². The Morgan fingerprint density at radius 2 is 2.42 bits per heavy atom. The number of aliphatic carboxylic acids is 1. The van der Waals surface area contributed by atoms with Crippen molar-refractivity contribution < 1.29 is 9.90 Å². The predicted octanol–water partition coefficient (Wildman–Crippen LogP) is 2.45. The minimum atomic E-state index is -0.659. The third-order valence-corrected chi connectivity index (χ3v) is 2.78. The van der Waals surface area contributed by atoms with Crippen LogP contribution in [0.1, 0.15) is 33.1 Å². The molecule has 0 aromatic heterocycles. The topological polar surface area (TPSA) is 37.3 Å². The molecule has 1 rings (SSSR count). The first-order valence-electron chi connectivity index (χ1n) is 4.49. The van der Waals surface area contributed by atoms with E-state index in [1.807, 2.05) is 6.92 Å². The van der Waals surface area contributed by atoms with Crippen molar-refractivity contribution in [2.45, 2.75) is 33.1 Å². The van der Waals surface area contributed by atoms with Gasteiger partial charge in [-0.15, -0.1) is 0 Å². The van der Waals surface area contributed by atoms with Crippen LogP contribution in [0.25, 0.3) is 0 Å². The molecule has 0 aromatic carbocycles. The van der Waals surface area contributed by atoms with E-state index in [0.29, 0.717) is 5.92 Å². The Morgan fingerprint density at radius 3 is 2.83 bits per heavy atom. The summed E-state index contributed by atoms with van der Waals surface area (Å²) < 4.78 is 0. The fourth-order valence-electron chi connectivity index (χ4n) is 1.64. The van der Waals surface area contributed by atoms with Crippen LogP contribution in [0, 0.1) is 11.8 Å². The van der Waals surface area contributed by atoms with Gasteiger partial charge in [-0.2, -0.15) is 0 Å². The number of hydrogen-bond donors (Lipinski definition) is 1. The first-order chi connectivity index (χ1) is 5.61. The van der Waals surface area contributed by atoms with Gasteiger partial charge in [0.2, 0.25) is 0 Å². The zero-order valence-corrected chi connectivity index (χ0v) is 7.71. The largest absolute Gasteiger partial charge is 0.481 e. The van der Waals surface area contributed by atoms with Crippen LogP contribution >= 0.6 is 0 Å². The molecule has 0 bridgehead atoms. The van der Waals surface area contributed by atoms with Crippen molar-refractivity contribution in [3.05, 3.63) is 11.6 Å². The Morgan fingerprint density at radius 1 is 1.75 bits per heavy atom. The smallest absolute Gasteiger partial charge is 0.306 e. The van der Waals surface area contributed by atoms with Crippen molar-refractivity contribution in [2.75, 3.05) is 0 Å². The third-order valence-electron chi connectivity index (χ3n) is 2.78. The number of carbonyl (C=O) groups is 1. The normalized spacial score (nSPS) is 26.2. The van der Waals surface area contributed by atoms with Crippen molar-refractivity contribution in [3.63, 3.8) is 0 Å². The maximum atomic E-state index is 10.7. The van der Waals surface area contributed by atoms with Gasteiger partial charge in [-0.1, -0.05) is 18.6 Å². The van der Waals surface area contributed by atoms with Crippen molar-refractivity contribution >= 4 is 5.97 Å². The summed E-state index contributed by atoms with van der Waals surface area (Å²) in [4.78, 5) is 10.7. The maximum absolute atomic E-state index is 10.7. The summed E-state index contributed by atoms with van der Waals surface area (Å²) >= 11 is 0. The summed E-state index contributed by atoms with van der Waals surface area (Å²) in [6.45, 7) is 3.92. The van der Waals surface area contributed by atoms with Crippen LogP contribution in [0.5, 0.6) is 0 Å². The number of carboxylic acids is 1. The van der Waals surface area contributed by atoms with Gasteiger partial charge in [0.05, 0.1) is 5.92 Å². The molecular weight excluding hydrogens is 152 g/mol. The second-order valence-electron chi connectivity index (χ2n) is 3.71. The number of carboxylic acid groups (broad SMARTS) is 1. The molecule has 0 heterocycles. The highest BCUT2D eigenvalue weighted by Crippen LogP contribution is 2.28. The van der Waals surface area contributed by atoms with E-state index in [-0.39, 0.29) is 5.92 Å². The molecule has 0 fully saturated rings. The number of allylic oxidation sites excluding steroid dienone is 2. The molecule has 2 nitrogen and oxygen atoms in total. The predicted molar refractivity (Wildman–Crippen MR) is 47.9 cm³/mol. The summed E-state index contributed by atoms with van der Waals surface area (Å²) in [6.07, 6.45) is 5.23. The van der Waals surface area contributed by atoms with Crippen LogP contribution in [-0.2, 0) is 4.79 Å². The van der Waals surface area contributed by atoms with E-state index in [1.165, 1.54) is 5.57 Å². The molecule has 1 aliphatic carbocycles. The average molecular weight is 168 g/mol. The Labute approximate surface area is 73.3 Å². The first kappa shape index (κ1) is 9.30.